The molecule has 0 bridgehead atoms. The molecule has 2 N–H and O–H groups in total. The largest absolute Gasteiger partial charge is 0.395 e. The maximum atomic E-state index is 9.40. The van der Waals surface area contributed by atoms with E-state index in [0.29, 0.717) is 12.6 Å². The molecule has 4 nitrogen and oxygen atoms in total. The van der Waals surface area contributed by atoms with Crippen molar-refractivity contribution in [2.75, 3.05) is 40.0 Å². The Morgan fingerprint density at radius 2 is 2.30 bits per heavy atom. The van der Waals surface area contributed by atoms with Crippen molar-refractivity contribution in [1.29, 1.82) is 0 Å². The average Bonchev–Trinajstić information content (AvgIpc) is 2.50. The molecule has 1 fully saturated rings. The smallest absolute Gasteiger partial charge is 0.0644 e. The molecule has 0 amide bonds. The Labute approximate surface area is 129 Å². The third-order valence-corrected chi connectivity index (χ3v) is 4.62. The van der Waals surface area contributed by atoms with Gasteiger partial charge in [-0.05, 0) is 25.1 Å². The van der Waals surface area contributed by atoms with Crippen LogP contribution in [0.4, 0.5) is 0 Å². The zero-order valence-corrected chi connectivity index (χ0v) is 13.5. The molecular formula is C15H23BrN2O2. The van der Waals surface area contributed by atoms with Crippen molar-refractivity contribution in [2.45, 2.75) is 18.5 Å². The van der Waals surface area contributed by atoms with E-state index in [1.807, 2.05) is 13.1 Å². The first-order valence-corrected chi connectivity index (χ1v) is 7.90. The Balaban J connectivity index is 1.95. The zero-order chi connectivity index (χ0) is 14.4. The van der Waals surface area contributed by atoms with E-state index in [1.54, 1.807) is 0 Å². The molecule has 1 aromatic carbocycles. The number of rotatable bonds is 6. The van der Waals surface area contributed by atoms with Crippen LogP contribution in [0.15, 0.2) is 28.7 Å². The monoisotopic (exact) mass is 342 g/mol. The minimum atomic E-state index is 0.139. The van der Waals surface area contributed by atoms with Crippen LogP contribution in [0.25, 0.3) is 0 Å². The van der Waals surface area contributed by atoms with Crippen molar-refractivity contribution in [2.24, 2.45) is 0 Å². The van der Waals surface area contributed by atoms with Gasteiger partial charge in [0.05, 0.1) is 25.9 Å². The van der Waals surface area contributed by atoms with Crippen LogP contribution < -0.4 is 5.32 Å². The van der Waals surface area contributed by atoms with E-state index >= 15 is 0 Å². The summed E-state index contributed by atoms with van der Waals surface area (Å²) in [4.78, 5) is 2.32. The summed E-state index contributed by atoms with van der Waals surface area (Å²) in [5, 5.41) is 12.8. The van der Waals surface area contributed by atoms with Crippen molar-refractivity contribution >= 4 is 15.9 Å². The summed E-state index contributed by atoms with van der Waals surface area (Å²) in [6.45, 7) is 3.42. The highest BCUT2D eigenvalue weighted by molar-refractivity contribution is 9.10. The lowest BCUT2D eigenvalue weighted by Gasteiger charge is -2.35. The van der Waals surface area contributed by atoms with Crippen LogP contribution in [0.2, 0.25) is 0 Å². The lowest BCUT2D eigenvalue weighted by Crippen LogP contribution is -2.48. The molecule has 2 atom stereocenters. The third-order valence-electron chi connectivity index (χ3n) is 3.89. The van der Waals surface area contributed by atoms with Gasteiger partial charge in [0.2, 0.25) is 0 Å². The van der Waals surface area contributed by atoms with Crippen LogP contribution in [-0.2, 0) is 4.74 Å². The zero-order valence-electron chi connectivity index (χ0n) is 11.9. The van der Waals surface area contributed by atoms with E-state index in [1.165, 1.54) is 5.56 Å². The molecular weight excluding hydrogens is 320 g/mol. The van der Waals surface area contributed by atoms with Crippen LogP contribution >= 0.6 is 15.9 Å². The van der Waals surface area contributed by atoms with Crippen molar-refractivity contribution in [3.63, 3.8) is 0 Å². The molecule has 1 saturated heterocycles. The van der Waals surface area contributed by atoms with Gasteiger partial charge in [0.15, 0.2) is 0 Å². The van der Waals surface area contributed by atoms with Gasteiger partial charge in [0, 0.05) is 23.6 Å². The minimum absolute atomic E-state index is 0.139. The highest BCUT2D eigenvalue weighted by atomic mass is 79.9. The molecule has 0 spiro atoms. The molecule has 1 heterocycles. The minimum Gasteiger partial charge on any atom is -0.395 e. The second kappa shape index (κ2) is 8.10. The highest BCUT2D eigenvalue weighted by Crippen LogP contribution is 2.25. The predicted molar refractivity (Wildman–Crippen MR) is 83.8 cm³/mol. The fourth-order valence-electron chi connectivity index (χ4n) is 2.66. The number of aliphatic hydroxyl groups is 1. The van der Waals surface area contributed by atoms with E-state index in [4.69, 9.17) is 4.74 Å². The Hall–Kier alpha value is -0.460. The van der Waals surface area contributed by atoms with Crippen molar-refractivity contribution in [1.82, 2.24) is 10.2 Å². The number of aliphatic hydroxyl groups excluding tert-OH is 1. The standard InChI is InChI=1S/C15H23BrN2O2/c1-17-15(13-4-2-3-5-14(13)16)6-7-18-8-9-20-11-12(18)10-19/h2-5,12,15,17,19H,6-11H2,1H3. The molecule has 0 aliphatic carbocycles. The number of hydrogen-bond acceptors (Lipinski definition) is 4. The molecule has 0 aromatic heterocycles. The predicted octanol–water partition coefficient (Wildman–Crippen LogP) is 1.79. The van der Waals surface area contributed by atoms with Crippen LogP contribution in [0.3, 0.4) is 0 Å². The molecule has 2 rings (SSSR count). The molecule has 1 aliphatic rings. The van der Waals surface area contributed by atoms with Gasteiger partial charge in [-0.2, -0.15) is 0 Å². The van der Waals surface area contributed by atoms with Gasteiger partial charge in [-0.1, -0.05) is 34.1 Å². The topological polar surface area (TPSA) is 44.7 Å². The van der Waals surface area contributed by atoms with Gasteiger partial charge in [-0.3, -0.25) is 4.90 Å². The Kier molecular flexibility index (Phi) is 6.45. The number of hydrogen-bond donors (Lipinski definition) is 2. The van der Waals surface area contributed by atoms with Gasteiger partial charge in [-0.25, -0.2) is 0 Å². The number of halogens is 1. The van der Waals surface area contributed by atoms with Gasteiger partial charge >= 0.3 is 0 Å². The molecule has 1 aliphatic heterocycles. The van der Waals surface area contributed by atoms with Crippen molar-refractivity contribution < 1.29 is 9.84 Å². The summed E-state index contributed by atoms with van der Waals surface area (Å²) in [6.07, 6.45) is 1.01. The molecule has 112 valence electrons. The van der Waals surface area contributed by atoms with Gasteiger partial charge in [0.1, 0.15) is 0 Å². The summed E-state index contributed by atoms with van der Waals surface area (Å²) in [7, 11) is 1.99. The van der Waals surface area contributed by atoms with Gasteiger partial charge in [-0.15, -0.1) is 0 Å². The summed E-state index contributed by atoms with van der Waals surface area (Å²) in [5.74, 6) is 0. The molecule has 0 saturated carbocycles. The quantitative estimate of drug-likeness (QED) is 0.827. The number of morpholine rings is 1. The maximum absolute atomic E-state index is 9.40. The summed E-state index contributed by atoms with van der Waals surface area (Å²) in [5.41, 5.74) is 1.28. The second-order valence-corrected chi connectivity index (χ2v) is 5.95. The number of nitrogens with one attached hydrogen (secondary N) is 1. The maximum Gasteiger partial charge on any atom is 0.0644 e. The molecule has 0 radical (unpaired) electrons. The highest BCUT2D eigenvalue weighted by Gasteiger charge is 2.23. The molecule has 5 heteroatoms. The van der Waals surface area contributed by atoms with Crippen LogP contribution in [-0.4, -0.2) is 56.0 Å². The first-order valence-electron chi connectivity index (χ1n) is 7.10. The van der Waals surface area contributed by atoms with Crippen molar-refractivity contribution in [3.8, 4) is 0 Å². The Bertz CT molecular complexity index is 417. The lowest BCUT2D eigenvalue weighted by atomic mass is 10.0. The van der Waals surface area contributed by atoms with Crippen LogP contribution in [0, 0.1) is 0 Å². The summed E-state index contributed by atoms with van der Waals surface area (Å²) < 4.78 is 6.55. The van der Waals surface area contributed by atoms with Gasteiger partial charge in [0.25, 0.3) is 0 Å². The van der Waals surface area contributed by atoms with Crippen LogP contribution in [0.1, 0.15) is 18.0 Å². The molecule has 1 aromatic rings. The van der Waals surface area contributed by atoms with Gasteiger partial charge < -0.3 is 15.2 Å². The summed E-state index contributed by atoms with van der Waals surface area (Å²) in [6, 6.07) is 8.77. The third kappa shape index (κ3) is 4.02. The Morgan fingerprint density at radius 3 is 3.00 bits per heavy atom. The molecule has 2 unspecified atom stereocenters. The Morgan fingerprint density at radius 1 is 1.50 bits per heavy atom. The first-order chi connectivity index (χ1) is 9.76. The SMILES string of the molecule is CNC(CCN1CCOCC1CO)c1ccccc1Br. The van der Waals surface area contributed by atoms with E-state index in [0.717, 1.165) is 30.6 Å². The summed E-state index contributed by atoms with van der Waals surface area (Å²) >= 11 is 3.62. The van der Waals surface area contributed by atoms with E-state index in [2.05, 4.69) is 44.3 Å². The molecule has 20 heavy (non-hydrogen) atoms. The average molecular weight is 343 g/mol. The van der Waals surface area contributed by atoms with E-state index in [9.17, 15) is 5.11 Å². The second-order valence-electron chi connectivity index (χ2n) is 5.10. The first kappa shape index (κ1) is 15.9. The fourth-order valence-corrected chi connectivity index (χ4v) is 3.22. The number of ether oxygens (including phenoxy) is 1. The normalized spacial score (nSPS) is 21.9. The van der Waals surface area contributed by atoms with E-state index in [-0.39, 0.29) is 12.6 Å². The van der Waals surface area contributed by atoms with Crippen LogP contribution in [0.5, 0.6) is 0 Å². The number of benzene rings is 1. The number of nitrogens with zero attached hydrogens (tertiary/aromatic N) is 1. The fraction of sp³-hybridized carbons (Fsp3) is 0.600. The van der Waals surface area contributed by atoms with Crippen molar-refractivity contribution in [3.05, 3.63) is 34.3 Å². The lowest BCUT2D eigenvalue weighted by molar-refractivity contribution is -0.0285. The van der Waals surface area contributed by atoms with E-state index < -0.39 is 0 Å².